The van der Waals surface area contributed by atoms with Crippen molar-refractivity contribution in [2.45, 2.75) is 135 Å². The SMILES string of the molecule is CCCCCCCCCCCCC/C=C/C(O)C(COCc1cccc(-c2ccccn2)n1)NC(=O)CCCCC. The van der Waals surface area contributed by atoms with Gasteiger partial charge in [-0.25, -0.2) is 4.98 Å². The number of hydrogen-bond donors (Lipinski definition) is 2. The van der Waals surface area contributed by atoms with Crippen LogP contribution in [-0.4, -0.2) is 39.7 Å². The van der Waals surface area contributed by atoms with Gasteiger partial charge in [-0.2, -0.15) is 0 Å². The number of carbonyl (C=O) groups excluding carboxylic acids is 1. The lowest BCUT2D eigenvalue weighted by Crippen LogP contribution is -2.45. The number of carbonyl (C=O) groups is 1. The van der Waals surface area contributed by atoms with Crippen LogP contribution in [0.2, 0.25) is 0 Å². The Morgan fingerprint density at radius 1 is 0.854 bits per heavy atom. The number of hydrogen-bond acceptors (Lipinski definition) is 5. The average molecular weight is 566 g/mol. The van der Waals surface area contributed by atoms with Gasteiger partial charge in [0.1, 0.15) is 0 Å². The molecule has 0 aliphatic rings. The molecule has 0 aromatic carbocycles. The van der Waals surface area contributed by atoms with Crippen molar-refractivity contribution in [1.29, 1.82) is 0 Å². The molecule has 6 nitrogen and oxygen atoms in total. The zero-order chi connectivity index (χ0) is 29.4. The fourth-order valence-corrected chi connectivity index (χ4v) is 4.84. The summed E-state index contributed by atoms with van der Waals surface area (Å²) >= 11 is 0. The molecule has 0 fully saturated rings. The van der Waals surface area contributed by atoms with Gasteiger partial charge in [-0.15, -0.1) is 0 Å². The number of pyridine rings is 2. The maximum atomic E-state index is 12.5. The summed E-state index contributed by atoms with van der Waals surface area (Å²) < 4.78 is 5.95. The maximum absolute atomic E-state index is 12.5. The van der Waals surface area contributed by atoms with E-state index in [-0.39, 0.29) is 19.1 Å². The van der Waals surface area contributed by atoms with Crippen molar-refractivity contribution in [3.8, 4) is 11.4 Å². The molecule has 41 heavy (non-hydrogen) atoms. The van der Waals surface area contributed by atoms with Crippen LogP contribution in [0.15, 0.2) is 54.7 Å². The van der Waals surface area contributed by atoms with Gasteiger partial charge in [0.2, 0.25) is 5.91 Å². The van der Waals surface area contributed by atoms with E-state index in [9.17, 15) is 9.90 Å². The lowest BCUT2D eigenvalue weighted by Gasteiger charge is -2.22. The molecule has 2 atom stereocenters. The van der Waals surface area contributed by atoms with Crippen molar-refractivity contribution in [2.75, 3.05) is 6.61 Å². The van der Waals surface area contributed by atoms with Crippen LogP contribution in [0.5, 0.6) is 0 Å². The maximum Gasteiger partial charge on any atom is 0.220 e. The van der Waals surface area contributed by atoms with Crippen molar-refractivity contribution in [3.05, 3.63) is 60.4 Å². The highest BCUT2D eigenvalue weighted by atomic mass is 16.5. The van der Waals surface area contributed by atoms with E-state index in [2.05, 4.69) is 29.1 Å². The molecule has 0 aliphatic carbocycles. The fourth-order valence-electron chi connectivity index (χ4n) is 4.84. The normalized spacial score (nSPS) is 13.0. The molecule has 0 spiro atoms. The highest BCUT2D eigenvalue weighted by molar-refractivity contribution is 5.76. The second-order valence-corrected chi connectivity index (χ2v) is 11.1. The minimum atomic E-state index is -0.800. The van der Waals surface area contributed by atoms with Gasteiger partial charge in [-0.1, -0.05) is 115 Å². The van der Waals surface area contributed by atoms with E-state index in [4.69, 9.17) is 4.74 Å². The molecule has 0 saturated heterocycles. The van der Waals surface area contributed by atoms with Crippen molar-refractivity contribution >= 4 is 5.91 Å². The number of allylic oxidation sites excluding steroid dienone is 1. The van der Waals surface area contributed by atoms with E-state index in [1.807, 2.05) is 48.6 Å². The molecular weight excluding hydrogens is 510 g/mol. The lowest BCUT2D eigenvalue weighted by atomic mass is 10.0. The van der Waals surface area contributed by atoms with Gasteiger partial charge in [0.15, 0.2) is 0 Å². The summed E-state index contributed by atoms with van der Waals surface area (Å²) in [5, 5.41) is 13.9. The monoisotopic (exact) mass is 565 g/mol. The van der Waals surface area contributed by atoms with Crippen LogP contribution in [0.4, 0.5) is 0 Å². The summed E-state index contributed by atoms with van der Waals surface area (Å²) in [7, 11) is 0. The van der Waals surface area contributed by atoms with E-state index in [1.165, 1.54) is 64.2 Å². The number of aromatic nitrogens is 2. The quantitative estimate of drug-likeness (QED) is 0.0987. The number of aliphatic hydroxyl groups excluding tert-OH is 1. The summed E-state index contributed by atoms with van der Waals surface area (Å²) in [6.07, 6.45) is 23.7. The molecule has 2 rings (SSSR count). The second kappa shape index (κ2) is 23.0. The first-order chi connectivity index (χ1) is 20.1. The molecule has 1 amide bonds. The molecule has 2 heterocycles. The van der Waals surface area contributed by atoms with E-state index < -0.39 is 12.1 Å². The van der Waals surface area contributed by atoms with Crippen molar-refractivity contribution in [3.63, 3.8) is 0 Å². The molecular formula is C35H55N3O3. The Hall–Kier alpha value is -2.57. The summed E-state index contributed by atoms with van der Waals surface area (Å²) in [4.78, 5) is 21.6. The molecule has 0 bridgehead atoms. The van der Waals surface area contributed by atoms with E-state index in [1.54, 1.807) is 6.20 Å². The predicted molar refractivity (Wildman–Crippen MR) is 169 cm³/mol. The third-order valence-corrected chi connectivity index (χ3v) is 7.36. The standard InChI is InChI=1S/C35H55N3O3/c1-3-5-7-8-9-10-11-12-13-14-15-16-18-25-34(39)33(38-35(40)26-17-6-4-2)29-41-28-30-22-21-24-32(37-30)31-23-19-20-27-36-31/h18-25,27,33-34,39H,3-17,26,28-29H2,1-2H3,(H,38,40)/b25-18+. The molecule has 6 heteroatoms. The van der Waals surface area contributed by atoms with Gasteiger partial charge in [0, 0.05) is 12.6 Å². The molecule has 2 unspecified atom stereocenters. The number of ether oxygens (including phenoxy) is 1. The lowest BCUT2D eigenvalue weighted by molar-refractivity contribution is -0.123. The Morgan fingerprint density at radius 2 is 1.51 bits per heavy atom. The van der Waals surface area contributed by atoms with Gasteiger partial charge < -0.3 is 15.2 Å². The summed E-state index contributed by atoms with van der Waals surface area (Å²) in [6, 6.07) is 11.0. The van der Waals surface area contributed by atoms with Gasteiger partial charge in [-0.05, 0) is 43.5 Å². The Morgan fingerprint density at radius 3 is 2.20 bits per heavy atom. The third-order valence-electron chi connectivity index (χ3n) is 7.36. The number of unbranched alkanes of at least 4 members (excludes halogenated alkanes) is 13. The Bertz CT molecular complexity index is 951. The van der Waals surface area contributed by atoms with Crippen LogP contribution in [-0.2, 0) is 16.1 Å². The van der Waals surface area contributed by atoms with Crippen molar-refractivity contribution in [2.24, 2.45) is 0 Å². The van der Waals surface area contributed by atoms with Crippen LogP contribution in [0.3, 0.4) is 0 Å². The number of nitrogens with zero attached hydrogens (tertiary/aromatic N) is 2. The van der Waals surface area contributed by atoms with Crippen LogP contribution in [0.1, 0.15) is 122 Å². The number of aliphatic hydroxyl groups is 1. The first-order valence-electron chi connectivity index (χ1n) is 16.2. The predicted octanol–water partition coefficient (Wildman–Crippen LogP) is 8.34. The third kappa shape index (κ3) is 16.5. The van der Waals surface area contributed by atoms with E-state index in [0.29, 0.717) is 6.42 Å². The summed E-state index contributed by atoms with van der Waals surface area (Å²) in [5.41, 5.74) is 2.38. The Balaban J connectivity index is 1.75. The summed E-state index contributed by atoms with van der Waals surface area (Å²) in [5.74, 6) is -0.0415. The van der Waals surface area contributed by atoms with Gasteiger partial charge in [-0.3, -0.25) is 9.78 Å². The average Bonchev–Trinajstić information content (AvgIpc) is 2.99. The zero-order valence-electron chi connectivity index (χ0n) is 25.7. The minimum absolute atomic E-state index is 0.0415. The van der Waals surface area contributed by atoms with Crippen LogP contribution in [0.25, 0.3) is 11.4 Å². The number of rotatable bonds is 24. The molecule has 0 aliphatic heterocycles. The first-order valence-corrected chi connectivity index (χ1v) is 16.2. The van der Waals surface area contributed by atoms with Crippen LogP contribution in [0, 0.1) is 0 Å². The van der Waals surface area contributed by atoms with Crippen LogP contribution < -0.4 is 5.32 Å². The second-order valence-electron chi connectivity index (χ2n) is 11.1. The molecule has 2 aromatic rings. The highest BCUT2D eigenvalue weighted by Gasteiger charge is 2.19. The van der Waals surface area contributed by atoms with E-state index >= 15 is 0 Å². The van der Waals surface area contributed by atoms with Crippen molar-refractivity contribution < 1.29 is 14.6 Å². The van der Waals surface area contributed by atoms with Gasteiger partial charge >= 0.3 is 0 Å². The molecule has 0 radical (unpaired) electrons. The fraction of sp³-hybridized carbons (Fsp3) is 0.629. The number of nitrogens with one attached hydrogen (secondary N) is 1. The molecule has 2 N–H and O–H groups in total. The largest absolute Gasteiger partial charge is 0.387 e. The molecule has 2 aromatic heterocycles. The Kier molecular flexibility index (Phi) is 19.5. The van der Waals surface area contributed by atoms with Gasteiger partial charge in [0.25, 0.3) is 0 Å². The highest BCUT2D eigenvalue weighted by Crippen LogP contribution is 2.15. The Labute approximate surface area is 249 Å². The first kappa shape index (κ1) is 34.6. The summed E-state index contributed by atoms with van der Waals surface area (Å²) in [6.45, 7) is 4.88. The van der Waals surface area contributed by atoms with Crippen molar-refractivity contribution in [1.82, 2.24) is 15.3 Å². The molecule has 228 valence electrons. The smallest absolute Gasteiger partial charge is 0.220 e. The number of amides is 1. The zero-order valence-corrected chi connectivity index (χ0v) is 25.7. The topological polar surface area (TPSA) is 84.3 Å². The molecule has 0 saturated carbocycles. The van der Waals surface area contributed by atoms with E-state index in [0.717, 1.165) is 49.2 Å². The van der Waals surface area contributed by atoms with Gasteiger partial charge in [0.05, 0.1) is 42.4 Å². The van der Waals surface area contributed by atoms with Crippen LogP contribution >= 0.6 is 0 Å². The minimum Gasteiger partial charge on any atom is -0.387 e.